The Morgan fingerprint density at radius 1 is 0.357 bits per heavy atom. The number of carboxylic acids is 1. The molecule has 17 unspecified atom stereocenters. The van der Waals surface area contributed by atoms with Crippen LogP contribution in [-0.2, 0) is 76.7 Å². The summed E-state index contributed by atoms with van der Waals surface area (Å²) in [5.74, 6) is -17.8. The highest BCUT2D eigenvalue weighted by molar-refractivity contribution is 7.98. The fourth-order valence-electron chi connectivity index (χ4n) is 11.6. The first-order chi connectivity index (χ1) is 52.3. The molecule has 23 N–H and O–H groups in total. The van der Waals surface area contributed by atoms with Crippen molar-refractivity contribution < 1.29 is 92.0 Å². The third-order valence-corrected chi connectivity index (χ3v) is 19.5. The van der Waals surface area contributed by atoms with E-state index in [1.165, 1.54) is 11.8 Å². The van der Waals surface area contributed by atoms with Gasteiger partial charge >= 0.3 is 5.97 Å². The summed E-state index contributed by atoms with van der Waals surface area (Å²) in [7, 11) is 0. The number of nitrogens with one attached hydrogen (secondary N) is 14. The first-order valence-electron chi connectivity index (χ1n) is 39.2. The molecular weight excluding hydrogens is 1470 g/mol. The Hall–Kier alpha value is -8.29. The fourth-order valence-corrected chi connectivity index (χ4v) is 12.1. The fraction of sp³-hybridized carbons (Fsp3) is 0.787. The summed E-state index contributed by atoms with van der Waals surface area (Å²) in [6, 6.07) is -19.2. The third kappa shape index (κ3) is 38.5. The monoisotopic (exact) mass is 1610 g/mol. The lowest BCUT2D eigenvalue weighted by atomic mass is 9.95. The van der Waals surface area contributed by atoms with Gasteiger partial charge in [0, 0.05) is 0 Å². The van der Waals surface area contributed by atoms with Crippen LogP contribution >= 0.6 is 11.8 Å². The van der Waals surface area contributed by atoms with Crippen molar-refractivity contribution in [2.75, 3.05) is 38.3 Å². The van der Waals surface area contributed by atoms with Gasteiger partial charge in [-0.05, 0) is 123 Å². The van der Waals surface area contributed by atoms with Gasteiger partial charge in [0.15, 0.2) is 0 Å². The van der Waals surface area contributed by atoms with Crippen molar-refractivity contribution in [2.24, 2.45) is 70.5 Å². The maximum absolute atomic E-state index is 14.5. The molecule has 0 rings (SSSR count). The van der Waals surface area contributed by atoms with Crippen LogP contribution in [0.25, 0.3) is 0 Å². The highest BCUT2D eigenvalue weighted by Gasteiger charge is 2.40. The van der Waals surface area contributed by atoms with Crippen LogP contribution in [0.3, 0.4) is 0 Å². The minimum atomic E-state index is -1.73. The summed E-state index contributed by atoms with van der Waals surface area (Å²) in [6.45, 7) is 28.2. The van der Waals surface area contributed by atoms with Gasteiger partial charge in [0.2, 0.25) is 88.6 Å². The smallest absolute Gasteiger partial charge is 0.326 e. The van der Waals surface area contributed by atoms with Crippen LogP contribution in [-0.4, -0.2) is 233 Å². The lowest BCUT2D eigenvalue weighted by Gasteiger charge is -2.30. The zero-order chi connectivity index (χ0) is 86.1. The van der Waals surface area contributed by atoms with Crippen LogP contribution in [0.1, 0.15) is 202 Å². The summed E-state index contributed by atoms with van der Waals surface area (Å²) < 4.78 is 0. The summed E-state index contributed by atoms with van der Waals surface area (Å²) in [4.78, 5) is 220. The van der Waals surface area contributed by atoms with Crippen LogP contribution in [0.5, 0.6) is 0 Å². The molecule has 0 aromatic heterocycles. The van der Waals surface area contributed by atoms with E-state index in [2.05, 4.69) is 74.4 Å². The predicted octanol–water partition coefficient (Wildman–Crippen LogP) is -1.81. The summed E-state index contributed by atoms with van der Waals surface area (Å²) in [6.07, 6.45) is 3.39. The van der Waals surface area contributed by atoms with Gasteiger partial charge in [-0.1, -0.05) is 144 Å². The molecule has 0 aromatic rings. The van der Waals surface area contributed by atoms with Crippen LogP contribution in [0.2, 0.25) is 0 Å². The van der Waals surface area contributed by atoms with E-state index in [-0.39, 0.29) is 62.2 Å². The molecule has 0 aliphatic heterocycles. The highest BCUT2D eigenvalue weighted by Crippen LogP contribution is 2.18. The zero-order valence-corrected chi connectivity index (χ0v) is 70.1. The maximum atomic E-state index is 14.5. The molecule has 0 saturated heterocycles. The number of aliphatic hydroxyl groups is 2. The first kappa shape index (κ1) is 104. The van der Waals surface area contributed by atoms with Gasteiger partial charge in [-0.25, -0.2) is 4.79 Å². The number of thioether (sulfide) groups is 1. The number of nitrogens with two attached hydrogens (primary N) is 3. The number of aliphatic hydroxyl groups excluding tert-OH is 2. The van der Waals surface area contributed by atoms with Crippen molar-refractivity contribution >= 4 is 106 Å². The number of rotatable bonds is 56. The number of hydrogen-bond acceptors (Lipinski definition) is 21. The Labute approximate surface area is 665 Å². The van der Waals surface area contributed by atoms with E-state index in [0.29, 0.717) is 44.4 Å². The maximum Gasteiger partial charge on any atom is 0.326 e. The van der Waals surface area contributed by atoms with Crippen LogP contribution in [0.4, 0.5) is 0 Å². The van der Waals surface area contributed by atoms with Gasteiger partial charge in [0.25, 0.3) is 0 Å². The van der Waals surface area contributed by atoms with Gasteiger partial charge in [-0.2, -0.15) is 11.8 Å². The topological polar surface area (TPSA) is 580 Å². The van der Waals surface area contributed by atoms with Crippen molar-refractivity contribution in [2.45, 2.75) is 286 Å². The van der Waals surface area contributed by atoms with Crippen LogP contribution in [0, 0.1) is 53.3 Å². The van der Waals surface area contributed by atoms with Crippen molar-refractivity contribution in [3.8, 4) is 0 Å². The number of carbonyl (C=O) groups excluding carboxylic acids is 15. The van der Waals surface area contributed by atoms with E-state index < -0.39 is 235 Å². The van der Waals surface area contributed by atoms with Gasteiger partial charge in [0.1, 0.15) is 78.5 Å². The molecule has 0 radical (unpaired) electrons. The molecule has 0 aliphatic carbocycles. The van der Waals surface area contributed by atoms with Crippen molar-refractivity contribution in [3.63, 3.8) is 0 Å². The van der Waals surface area contributed by atoms with Gasteiger partial charge in [0.05, 0.1) is 32.2 Å². The van der Waals surface area contributed by atoms with Gasteiger partial charge in [-0.15, -0.1) is 0 Å². The number of unbranched alkanes of at least 4 members (excludes halogenated alkanes) is 1. The molecule has 0 bridgehead atoms. The molecule has 112 heavy (non-hydrogen) atoms. The highest BCUT2D eigenvalue weighted by atomic mass is 32.2. The summed E-state index contributed by atoms with van der Waals surface area (Å²) in [5, 5.41) is 66.6. The molecule has 17 atom stereocenters. The van der Waals surface area contributed by atoms with Crippen molar-refractivity contribution in [3.05, 3.63) is 0 Å². The molecule has 0 spiro atoms. The average molecular weight is 1610 g/mol. The number of hydrogen-bond donors (Lipinski definition) is 20. The van der Waals surface area contributed by atoms with Crippen molar-refractivity contribution in [1.82, 2.24) is 74.4 Å². The Balaban J connectivity index is 6.69. The molecule has 0 heterocycles. The molecule has 0 saturated carbocycles. The zero-order valence-electron chi connectivity index (χ0n) is 69.3. The molecule has 0 fully saturated rings. The van der Waals surface area contributed by atoms with Crippen LogP contribution in [0.15, 0.2) is 0 Å². The van der Waals surface area contributed by atoms with E-state index in [1.807, 2.05) is 6.26 Å². The number of carboxylic acid groups (broad SMARTS) is 1. The van der Waals surface area contributed by atoms with E-state index in [9.17, 15) is 92.0 Å². The van der Waals surface area contributed by atoms with E-state index >= 15 is 0 Å². The van der Waals surface area contributed by atoms with Crippen LogP contribution < -0.4 is 91.6 Å². The van der Waals surface area contributed by atoms with Gasteiger partial charge < -0.3 is 107 Å². The second-order valence-electron chi connectivity index (χ2n) is 31.4. The quantitative estimate of drug-likeness (QED) is 0.0299. The Kier molecular flexibility index (Phi) is 49.7. The minimum absolute atomic E-state index is 0.00100. The van der Waals surface area contributed by atoms with E-state index in [0.717, 1.165) is 0 Å². The van der Waals surface area contributed by atoms with Crippen molar-refractivity contribution in [1.29, 1.82) is 0 Å². The molecule has 0 aliphatic rings. The van der Waals surface area contributed by atoms with E-state index in [1.54, 1.807) is 125 Å². The minimum Gasteiger partial charge on any atom is -0.480 e. The second-order valence-corrected chi connectivity index (χ2v) is 32.4. The third-order valence-electron chi connectivity index (χ3n) is 18.9. The van der Waals surface area contributed by atoms with Gasteiger partial charge in [-0.3, -0.25) is 71.9 Å². The SMILES string of the molecule is CCC(C)C(NC(=O)C(CO)NC(=O)C(CC(C)C)NC(=O)C(CC(C)C)NC(=O)C(NC(=O)C(CC(N)=O)NC(=O)C(CCCCN)NC(=O)C(N)CCSC)C(C)CC)C(=O)NC(CC(C)C)C(=O)NCC(=O)NC(C(=O)NC(CC(C)C)C(=O)NC(CO)C(=O)NC(C(=O)NC(C(=O)O)C(C)C)C(C)CC)C(C)C. The number of aliphatic carboxylic acids is 1. The number of carbonyl (C=O) groups is 16. The molecule has 0 aromatic carbocycles. The van der Waals surface area contributed by atoms with E-state index in [4.69, 9.17) is 17.2 Å². The predicted molar refractivity (Wildman–Crippen MR) is 423 cm³/mol. The Bertz CT molecular complexity index is 3070. The lowest BCUT2D eigenvalue weighted by molar-refractivity contribution is -0.144. The Morgan fingerprint density at radius 3 is 0.991 bits per heavy atom. The molecule has 36 nitrogen and oxygen atoms in total. The normalized spacial score (nSPS) is 16.1. The molecule has 642 valence electrons. The second kappa shape index (κ2) is 53.7. The number of primary amides is 1. The lowest BCUT2D eigenvalue weighted by Crippen LogP contribution is -2.62. The molecular formula is C75H137N17O19S. The summed E-state index contributed by atoms with van der Waals surface area (Å²) in [5.41, 5.74) is 17.3. The summed E-state index contributed by atoms with van der Waals surface area (Å²) >= 11 is 1.48. The molecule has 15 amide bonds. The first-order valence-corrected chi connectivity index (χ1v) is 40.6. The Morgan fingerprint density at radius 2 is 0.661 bits per heavy atom. The number of amides is 15. The molecule has 37 heteroatoms. The standard InChI is InChI=1S/C75H137N17O19S/c1-20-43(16)59(90-68(103)52(33-55(78)95)82-64(99)47(25-23-24-27-76)80-62(97)46(77)26-28-112-19)73(108)85-50(31-39(8)9)65(100)81-49(30-38(6)7)66(101)86-53(35-93)69(104)91-60(44(17)21-2)72(107)83-48(29-37(4)5)63(98)79-34-56(96)88-57(41(12)13)71(106)84-51(32-40(10)11)67(102)87-54(36-94)70(105)92-61(45(18)22-3)74(109)89-58(42(14)15)75(110)111/h37-54,57-61,93-94H,20-36,76-77H2,1-19H3,(H2,78,95)(H,79,98)(H,80,97)(H,81,100)(H,82,99)(H,83,107)(H,84,106)(H,85,108)(H,86,101)(H,87,102)(H,88,96)(H,89,109)(H,90,103)(H,91,104)(H,92,105)(H,110,111). The average Bonchev–Trinajstić information content (AvgIpc) is 0.853. The largest absolute Gasteiger partial charge is 0.480 e.